The summed E-state index contributed by atoms with van der Waals surface area (Å²) in [7, 11) is 0. The molecule has 0 unspecified atom stereocenters. The highest BCUT2D eigenvalue weighted by Crippen LogP contribution is 2.60. The molecule has 0 aromatic rings. The van der Waals surface area contributed by atoms with Gasteiger partial charge in [0.25, 0.3) is 0 Å². The number of hydrogen-bond donors (Lipinski definition) is 0. The lowest BCUT2D eigenvalue weighted by atomic mass is 9.53. The van der Waals surface area contributed by atoms with Crippen LogP contribution in [0.3, 0.4) is 0 Å². The van der Waals surface area contributed by atoms with Gasteiger partial charge in [0.15, 0.2) is 5.78 Å². The summed E-state index contributed by atoms with van der Waals surface area (Å²) >= 11 is 0. The molecule has 1 heterocycles. The van der Waals surface area contributed by atoms with Gasteiger partial charge in [0.1, 0.15) is 11.9 Å². The Bertz CT molecular complexity index is 558. The smallest absolute Gasteiger partial charge is 0.334 e. The van der Waals surface area contributed by atoms with Crippen LogP contribution in [-0.4, -0.2) is 23.6 Å². The van der Waals surface area contributed by atoms with Crippen molar-refractivity contribution in [3.63, 3.8) is 0 Å². The Balaban J connectivity index is 2.10. The third-order valence-electron chi connectivity index (χ3n) is 5.24. The molecule has 0 amide bonds. The van der Waals surface area contributed by atoms with Gasteiger partial charge in [0.05, 0.1) is 5.41 Å². The maximum Gasteiger partial charge on any atom is 0.334 e. The van der Waals surface area contributed by atoms with Gasteiger partial charge in [-0.15, -0.1) is 0 Å². The van der Waals surface area contributed by atoms with Crippen LogP contribution < -0.4 is 0 Å². The molecular formula is C15H16O4. The molecule has 2 aliphatic carbocycles. The van der Waals surface area contributed by atoms with Crippen LogP contribution in [0.15, 0.2) is 24.3 Å². The minimum absolute atomic E-state index is 0.0253. The zero-order valence-corrected chi connectivity index (χ0v) is 11.1. The molecule has 4 heteroatoms. The van der Waals surface area contributed by atoms with E-state index in [0.29, 0.717) is 18.4 Å². The highest BCUT2D eigenvalue weighted by molar-refractivity contribution is 6.06. The molecule has 3 aliphatic rings. The SMILES string of the molecule is C=C1C(=O)O[C@@H]2C[C@@]3(C)C(=O)C=C[C@]3(C(C)=O)C[C@H]12. The monoisotopic (exact) mass is 260 g/mol. The highest BCUT2D eigenvalue weighted by atomic mass is 16.6. The van der Waals surface area contributed by atoms with Gasteiger partial charge in [0.2, 0.25) is 0 Å². The molecule has 19 heavy (non-hydrogen) atoms. The van der Waals surface area contributed by atoms with Crippen molar-refractivity contribution < 1.29 is 19.1 Å². The number of allylic oxidation sites excluding steroid dienone is 2. The van der Waals surface area contributed by atoms with Crippen molar-refractivity contribution in [2.24, 2.45) is 16.7 Å². The van der Waals surface area contributed by atoms with Gasteiger partial charge < -0.3 is 4.74 Å². The van der Waals surface area contributed by atoms with Crippen molar-refractivity contribution in [1.82, 2.24) is 0 Å². The molecule has 4 atom stereocenters. The van der Waals surface area contributed by atoms with Crippen LogP contribution in [0.1, 0.15) is 26.7 Å². The summed E-state index contributed by atoms with van der Waals surface area (Å²) in [4.78, 5) is 36.0. The summed E-state index contributed by atoms with van der Waals surface area (Å²) in [5.41, 5.74) is -1.16. The lowest BCUT2D eigenvalue weighted by molar-refractivity contribution is -0.153. The zero-order chi connectivity index (χ0) is 14.0. The summed E-state index contributed by atoms with van der Waals surface area (Å²) < 4.78 is 5.29. The van der Waals surface area contributed by atoms with Crippen LogP contribution in [0.4, 0.5) is 0 Å². The van der Waals surface area contributed by atoms with Crippen LogP contribution in [-0.2, 0) is 19.1 Å². The molecule has 100 valence electrons. The Hall–Kier alpha value is -1.71. The molecule has 1 saturated carbocycles. The second-order valence-electron chi connectivity index (χ2n) is 6.04. The number of ether oxygens (including phenoxy) is 1. The van der Waals surface area contributed by atoms with Crippen molar-refractivity contribution in [2.45, 2.75) is 32.8 Å². The lowest BCUT2D eigenvalue weighted by Gasteiger charge is -2.47. The first-order valence-electron chi connectivity index (χ1n) is 6.46. The van der Waals surface area contributed by atoms with E-state index in [2.05, 4.69) is 6.58 Å². The van der Waals surface area contributed by atoms with Crippen LogP contribution in [0.2, 0.25) is 0 Å². The molecule has 0 N–H and O–H groups in total. The first-order valence-corrected chi connectivity index (χ1v) is 6.46. The summed E-state index contributed by atoms with van der Waals surface area (Å²) in [6.07, 6.45) is 3.75. The number of esters is 1. The average Bonchev–Trinajstić information content (AvgIpc) is 2.75. The molecule has 0 radical (unpaired) electrons. The minimum atomic E-state index is -0.803. The lowest BCUT2D eigenvalue weighted by Crippen LogP contribution is -2.52. The van der Waals surface area contributed by atoms with Crippen LogP contribution in [0, 0.1) is 16.7 Å². The van der Waals surface area contributed by atoms with Crippen molar-refractivity contribution in [1.29, 1.82) is 0 Å². The van der Waals surface area contributed by atoms with Gasteiger partial charge in [-0.25, -0.2) is 4.79 Å². The second-order valence-corrected chi connectivity index (χ2v) is 6.04. The van der Waals surface area contributed by atoms with Crippen LogP contribution in [0.5, 0.6) is 0 Å². The number of rotatable bonds is 1. The van der Waals surface area contributed by atoms with Gasteiger partial charge in [0, 0.05) is 16.9 Å². The van der Waals surface area contributed by atoms with Crippen molar-refractivity contribution >= 4 is 17.5 Å². The van der Waals surface area contributed by atoms with E-state index in [1.165, 1.54) is 13.0 Å². The maximum atomic E-state index is 12.2. The molecule has 1 saturated heterocycles. The van der Waals surface area contributed by atoms with E-state index in [4.69, 9.17) is 4.74 Å². The Morgan fingerprint density at radius 2 is 2.11 bits per heavy atom. The Kier molecular flexibility index (Phi) is 2.23. The molecule has 3 rings (SSSR count). The van der Waals surface area contributed by atoms with Crippen molar-refractivity contribution in [3.8, 4) is 0 Å². The zero-order valence-electron chi connectivity index (χ0n) is 11.1. The summed E-state index contributed by atoms with van der Waals surface area (Å²) in [5.74, 6) is -0.619. The van der Waals surface area contributed by atoms with E-state index in [1.807, 2.05) is 6.92 Å². The standard InChI is InChI=1S/C15H16O4/c1-8-10-6-15(9(2)16)5-4-12(17)14(15,3)7-11(10)19-13(8)18/h4-5,10-11H,1,6-7H2,2-3H3/t10-,11-,14+,15-/m1/s1. The van der Waals surface area contributed by atoms with Gasteiger partial charge in [-0.3, -0.25) is 9.59 Å². The van der Waals surface area contributed by atoms with Gasteiger partial charge in [-0.1, -0.05) is 19.6 Å². The molecule has 0 spiro atoms. The first-order chi connectivity index (χ1) is 8.82. The topological polar surface area (TPSA) is 60.4 Å². The van der Waals surface area contributed by atoms with Gasteiger partial charge >= 0.3 is 5.97 Å². The molecule has 0 bridgehead atoms. The molecular weight excluding hydrogens is 244 g/mol. The Labute approximate surface area is 111 Å². The number of hydrogen-bond acceptors (Lipinski definition) is 4. The molecule has 2 fully saturated rings. The average molecular weight is 260 g/mol. The second kappa shape index (κ2) is 3.44. The van der Waals surface area contributed by atoms with Crippen LogP contribution >= 0.6 is 0 Å². The molecule has 4 nitrogen and oxygen atoms in total. The van der Waals surface area contributed by atoms with Gasteiger partial charge in [-0.05, 0) is 25.8 Å². The first kappa shape index (κ1) is 12.3. The number of carbonyl (C=O) groups excluding carboxylic acids is 3. The summed E-state index contributed by atoms with van der Waals surface area (Å²) in [5, 5.41) is 0. The molecule has 1 aliphatic heterocycles. The van der Waals surface area contributed by atoms with Crippen LogP contribution in [0.25, 0.3) is 0 Å². The molecule has 0 aromatic heterocycles. The third-order valence-corrected chi connectivity index (χ3v) is 5.24. The largest absolute Gasteiger partial charge is 0.458 e. The third kappa shape index (κ3) is 1.26. The Morgan fingerprint density at radius 3 is 2.74 bits per heavy atom. The van der Waals surface area contributed by atoms with Gasteiger partial charge in [-0.2, -0.15) is 0 Å². The fourth-order valence-electron chi connectivity index (χ4n) is 3.89. The summed E-state index contributed by atoms with van der Waals surface area (Å²) in [6.45, 7) is 7.09. The van der Waals surface area contributed by atoms with E-state index >= 15 is 0 Å². The number of fused-ring (bicyclic) bond motifs is 2. The summed E-state index contributed by atoms with van der Waals surface area (Å²) in [6, 6.07) is 0. The predicted octanol–water partition coefficient (Wildman–Crippen LogP) is 1.60. The highest BCUT2D eigenvalue weighted by Gasteiger charge is 2.64. The number of carbonyl (C=O) groups is 3. The molecule has 0 aromatic carbocycles. The van der Waals surface area contributed by atoms with Crippen molar-refractivity contribution in [3.05, 3.63) is 24.3 Å². The predicted molar refractivity (Wildman–Crippen MR) is 67.1 cm³/mol. The minimum Gasteiger partial charge on any atom is -0.458 e. The maximum absolute atomic E-state index is 12.2. The number of Topliss-reactive ketones (excluding diaryl/α,β-unsaturated/α-hetero) is 1. The van der Waals surface area contributed by atoms with E-state index in [-0.39, 0.29) is 23.6 Å². The van der Waals surface area contributed by atoms with E-state index < -0.39 is 16.8 Å². The van der Waals surface area contributed by atoms with Crippen molar-refractivity contribution in [2.75, 3.05) is 0 Å². The van der Waals surface area contributed by atoms with E-state index in [1.54, 1.807) is 6.08 Å². The fourth-order valence-corrected chi connectivity index (χ4v) is 3.89. The quantitative estimate of drug-likeness (QED) is 0.530. The fraction of sp³-hybridized carbons (Fsp3) is 0.533. The van der Waals surface area contributed by atoms with E-state index in [0.717, 1.165) is 0 Å². The normalized spacial score (nSPS) is 44.0. The number of ketones is 2. The van der Waals surface area contributed by atoms with E-state index in [9.17, 15) is 14.4 Å². The Morgan fingerprint density at radius 1 is 1.42 bits per heavy atom.